The second kappa shape index (κ2) is 10.8. The number of ether oxygens (including phenoxy) is 2. The van der Waals surface area contributed by atoms with Gasteiger partial charge in [0.15, 0.2) is 12.4 Å². The van der Waals surface area contributed by atoms with Crippen LogP contribution in [0.15, 0.2) is 11.6 Å². The standard InChI is InChI=1S/C36H54O10/c1-31(2)13-15-36(30(43)44)16-14-34(5)19(20(36)17-31)7-8-22-32(3)11-10-23(33(4,18-37)21(32)9-12-35(22,34)6)45-29-26(40)24(38)25(39)27(46-29)28(41)42/h7,18,20-27,29,38-40H,8-17H2,1-6H3,(H,41,42)(H,43,44)/t20-,21-,22-,23+,24+,25-,26-,27+,29+,32+,33+,34-,35-,36+/m1/s1. The summed E-state index contributed by atoms with van der Waals surface area (Å²) in [6.07, 6.45) is 1.84. The fourth-order valence-electron chi connectivity index (χ4n) is 12.0. The molecular formula is C36H54O10. The van der Waals surface area contributed by atoms with Gasteiger partial charge in [-0.2, -0.15) is 0 Å². The Morgan fingerprint density at radius 1 is 0.870 bits per heavy atom. The zero-order valence-corrected chi connectivity index (χ0v) is 28.2. The Labute approximate surface area is 271 Å². The van der Waals surface area contributed by atoms with E-state index in [-0.39, 0.29) is 39.4 Å². The molecule has 6 rings (SSSR count). The van der Waals surface area contributed by atoms with Crippen molar-refractivity contribution in [2.75, 3.05) is 0 Å². The van der Waals surface area contributed by atoms with Gasteiger partial charge in [0.2, 0.25) is 0 Å². The zero-order chi connectivity index (χ0) is 33.8. The van der Waals surface area contributed by atoms with Crippen molar-refractivity contribution in [3.05, 3.63) is 11.6 Å². The van der Waals surface area contributed by atoms with Crippen LogP contribution in [0.25, 0.3) is 0 Å². The first kappa shape index (κ1) is 34.0. The number of carboxylic acids is 2. The highest BCUT2D eigenvalue weighted by molar-refractivity contribution is 5.76. The Hall–Kier alpha value is -1.85. The molecule has 0 radical (unpaired) electrons. The van der Waals surface area contributed by atoms with Crippen LogP contribution in [0, 0.1) is 50.2 Å². The van der Waals surface area contributed by atoms with E-state index in [1.165, 1.54) is 5.57 Å². The van der Waals surface area contributed by atoms with Gasteiger partial charge in [0.25, 0.3) is 0 Å². The van der Waals surface area contributed by atoms with Crippen LogP contribution in [0.4, 0.5) is 0 Å². The van der Waals surface area contributed by atoms with Crippen LogP contribution >= 0.6 is 0 Å². The number of aliphatic carboxylic acids is 2. The van der Waals surface area contributed by atoms with E-state index in [1.54, 1.807) is 0 Å². The van der Waals surface area contributed by atoms with Crippen molar-refractivity contribution in [2.45, 2.75) is 143 Å². The highest BCUT2D eigenvalue weighted by atomic mass is 16.7. The maximum Gasteiger partial charge on any atom is 0.335 e. The van der Waals surface area contributed by atoms with Gasteiger partial charge in [-0.25, -0.2) is 4.79 Å². The average molecular weight is 647 g/mol. The molecule has 0 aromatic rings. The number of carbonyl (C=O) groups excluding carboxylic acids is 1. The number of carboxylic acid groups (broad SMARTS) is 2. The quantitative estimate of drug-likeness (QED) is 0.165. The summed E-state index contributed by atoms with van der Waals surface area (Å²) in [5.74, 6) is -1.92. The fourth-order valence-corrected chi connectivity index (χ4v) is 12.0. The molecule has 0 bridgehead atoms. The number of aliphatic hydroxyl groups excluding tert-OH is 3. The Bertz CT molecular complexity index is 1310. The zero-order valence-electron chi connectivity index (χ0n) is 28.2. The van der Waals surface area contributed by atoms with Gasteiger partial charge in [-0.05, 0) is 104 Å². The van der Waals surface area contributed by atoms with Crippen LogP contribution in [-0.2, 0) is 23.9 Å². The Morgan fingerprint density at radius 2 is 1.54 bits per heavy atom. The molecule has 1 heterocycles. The summed E-state index contributed by atoms with van der Waals surface area (Å²) in [5, 5.41) is 51.3. The number of carbonyl (C=O) groups is 3. The monoisotopic (exact) mass is 646 g/mol. The normalized spacial score (nSPS) is 53.0. The first-order valence-corrected chi connectivity index (χ1v) is 17.3. The third-order valence-electron chi connectivity index (χ3n) is 15.1. The van der Waals surface area contributed by atoms with Gasteiger partial charge in [0, 0.05) is 0 Å². The maximum absolute atomic E-state index is 13.1. The largest absolute Gasteiger partial charge is 0.481 e. The molecule has 0 aromatic carbocycles. The minimum absolute atomic E-state index is 0.0191. The third kappa shape index (κ3) is 4.49. The first-order valence-electron chi connectivity index (χ1n) is 17.3. The summed E-state index contributed by atoms with van der Waals surface area (Å²) in [6, 6.07) is 0. The second-order valence-electron chi connectivity index (χ2n) is 17.6. The summed E-state index contributed by atoms with van der Waals surface area (Å²) in [6.45, 7) is 13.5. The number of aliphatic hydroxyl groups is 3. The maximum atomic E-state index is 13.1. The second-order valence-corrected chi connectivity index (χ2v) is 17.6. The Balaban J connectivity index is 1.31. The molecule has 5 fully saturated rings. The van der Waals surface area contributed by atoms with Crippen LogP contribution in [0.2, 0.25) is 0 Å². The molecule has 14 atom stereocenters. The molecule has 5 aliphatic carbocycles. The van der Waals surface area contributed by atoms with Crippen LogP contribution in [0.3, 0.4) is 0 Å². The fraction of sp³-hybridized carbons (Fsp3) is 0.861. The lowest BCUT2D eigenvalue weighted by molar-refractivity contribution is -0.321. The van der Waals surface area contributed by atoms with E-state index < -0.39 is 59.6 Å². The molecule has 258 valence electrons. The summed E-state index contributed by atoms with van der Waals surface area (Å²) in [5.41, 5.74) is -0.721. The summed E-state index contributed by atoms with van der Waals surface area (Å²) < 4.78 is 11.7. The van der Waals surface area contributed by atoms with Gasteiger partial charge in [-0.15, -0.1) is 0 Å². The predicted molar refractivity (Wildman–Crippen MR) is 166 cm³/mol. The number of hydrogen-bond donors (Lipinski definition) is 5. The molecule has 5 N–H and O–H groups in total. The van der Waals surface area contributed by atoms with Gasteiger partial charge in [-0.1, -0.05) is 53.2 Å². The van der Waals surface area contributed by atoms with Crippen LogP contribution in [0.5, 0.6) is 0 Å². The third-order valence-corrected chi connectivity index (χ3v) is 15.1. The van der Waals surface area contributed by atoms with Gasteiger partial charge in [-0.3, -0.25) is 4.79 Å². The van der Waals surface area contributed by atoms with E-state index in [2.05, 4.69) is 40.7 Å². The molecule has 0 spiro atoms. The Morgan fingerprint density at radius 3 is 2.17 bits per heavy atom. The number of rotatable bonds is 5. The van der Waals surface area contributed by atoms with Crippen molar-refractivity contribution in [1.82, 2.24) is 0 Å². The molecule has 4 saturated carbocycles. The van der Waals surface area contributed by atoms with Crippen LogP contribution in [-0.4, -0.2) is 80.6 Å². The van der Waals surface area contributed by atoms with Crippen molar-refractivity contribution in [3.63, 3.8) is 0 Å². The molecule has 1 aliphatic heterocycles. The first-order chi connectivity index (χ1) is 21.3. The van der Waals surface area contributed by atoms with Gasteiger partial charge >= 0.3 is 11.9 Å². The molecule has 0 amide bonds. The van der Waals surface area contributed by atoms with Gasteiger partial charge in [0.05, 0.1) is 16.9 Å². The lowest BCUT2D eigenvalue weighted by Crippen LogP contribution is -2.67. The van der Waals surface area contributed by atoms with E-state index in [0.29, 0.717) is 12.8 Å². The number of hydrogen-bond acceptors (Lipinski definition) is 8. The van der Waals surface area contributed by atoms with Crippen molar-refractivity contribution < 1.29 is 49.4 Å². The van der Waals surface area contributed by atoms with Gasteiger partial charge in [0.1, 0.15) is 24.6 Å². The number of allylic oxidation sites excluding steroid dienone is 2. The minimum Gasteiger partial charge on any atom is -0.481 e. The molecule has 46 heavy (non-hydrogen) atoms. The number of aldehydes is 1. The number of fused-ring (bicyclic) bond motifs is 7. The molecule has 0 unspecified atom stereocenters. The van der Waals surface area contributed by atoms with Crippen molar-refractivity contribution in [2.24, 2.45) is 50.2 Å². The molecule has 0 aromatic heterocycles. The lowest BCUT2D eigenvalue weighted by atomic mass is 9.33. The smallest absolute Gasteiger partial charge is 0.335 e. The van der Waals surface area contributed by atoms with E-state index in [0.717, 1.165) is 57.7 Å². The molecule has 6 aliphatic rings. The summed E-state index contributed by atoms with van der Waals surface area (Å²) >= 11 is 0. The highest BCUT2D eigenvalue weighted by Gasteiger charge is 2.70. The van der Waals surface area contributed by atoms with Crippen LogP contribution in [0.1, 0.15) is 106 Å². The molecular weight excluding hydrogens is 592 g/mol. The summed E-state index contributed by atoms with van der Waals surface area (Å²) in [4.78, 5) is 37.7. The minimum atomic E-state index is -1.82. The summed E-state index contributed by atoms with van der Waals surface area (Å²) in [7, 11) is 0. The van der Waals surface area contributed by atoms with Crippen LogP contribution < -0.4 is 0 Å². The molecule has 10 heteroatoms. The Kier molecular flexibility index (Phi) is 8.01. The topological polar surface area (TPSA) is 171 Å². The van der Waals surface area contributed by atoms with Crippen molar-refractivity contribution in [3.8, 4) is 0 Å². The van der Waals surface area contributed by atoms with E-state index >= 15 is 0 Å². The predicted octanol–water partition coefficient (Wildman–Crippen LogP) is 4.33. The van der Waals surface area contributed by atoms with E-state index in [1.807, 2.05) is 6.92 Å². The lowest BCUT2D eigenvalue weighted by Gasteiger charge is -2.71. The van der Waals surface area contributed by atoms with Crippen molar-refractivity contribution in [1.29, 1.82) is 0 Å². The molecule has 1 saturated heterocycles. The van der Waals surface area contributed by atoms with E-state index in [9.17, 15) is 39.9 Å². The van der Waals surface area contributed by atoms with Gasteiger partial charge < -0.3 is 39.8 Å². The van der Waals surface area contributed by atoms with E-state index in [4.69, 9.17) is 9.47 Å². The highest BCUT2D eigenvalue weighted by Crippen LogP contribution is 2.75. The van der Waals surface area contributed by atoms with Crippen molar-refractivity contribution >= 4 is 18.2 Å². The average Bonchev–Trinajstić information content (AvgIpc) is 2.98. The molecule has 10 nitrogen and oxygen atoms in total. The SMILES string of the molecule is CC1(C)CC[C@]2(C(=O)O)CC[C@]3(C)C(=CC[C@@H]4[C@@]5(C)CC[C@H](O[C@H]6O[C@H](C(=O)O)[C@H](O)[C@H](O)[C@H]6O)[C@@](C)(C=O)[C@@H]5CC[C@]43C)[C@H]2C1.